The van der Waals surface area contributed by atoms with Gasteiger partial charge in [0.2, 0.25) is 0 Å². The summed E-state index contributed by atoms with van der Waals surface area (Å²) in [7, 11) is 0. The van der Waals surface area contributed by atoms with Gasteiger partial charge in [-0.2, -0.15) is 0 Å². The summed E-state index contributed by atoms with van der Waals surface area (Å²) in [6.07, 6.45) is 0. The van der Waals surface area contributed by atoms with Crippen molar-refractivity contribution in [3.8, 4) is 68.3 Å². The first-order valence-corrected chi connectivity index (χ1v) is 12.9. The molecule has 8 bridgehead atoms. The van der Waals surface area contributed by atoms with Gasteiger partial charge in [0.05, 0.1) is 11.6 Å². The largest absolute Gasteiger partial charge is 3.00 e. The summed E-state index contributed by atoms with van der Waals surface area (Å²) in [6.45, 7) is 0. The molecule has 0 saturated heterocycles. The molecule has 0 unspecified atom stereocenters. The van der Waals surface area contributed by atoms with Crippen molar-refractivity contribution < 1.29 is 22.1 Å². The molecule has 6 aromatic rings. The van der Waals surface area contributed by atoms with Crippen molar-refractivity contribution in [1.29, 1.82) is 0 Å². The molecule has 10 heteroatoms. The zero-order chi connectivity index (χ0) is 26.2. The first-order valence-electron chi connectivity index (χ1n) is 12.9. The van der Waals surface area contributed by atoms with Crippen molar-refractivity contribution in [3.63, 3.8) is 0 Å². The van der Waals surface area contributed by atoms with Crippen molar-refractivity contribution in [1.82, 2.24) is 39.9 Å². The van der Waals surface area contributed by atoms with Crippen LogP contribution in [0.1, 0.15) is 0 Å². The average molecular weight is 584 g/mol. The van der Waals surface area contributed by atoms with Crippen LogP contribution in [0.4, 0.5) is 0 Å². The molecule has 4 aromatic carbocycles. The Bertz CT molecular complexity index is 2100. The molecule has 1 radical (unpaired) electrons. The standard InChI is InChI=1S/C32H16N8.Cr.FH/c1-2-10-18-17(9-1)25-33-26(18)38-28-21-13-5-6-14-22(21)30(35-28)40-32-24-16-8-7-15-23(24)31(36-32)39-29-20-12-4-3-11-19(20)27(34-29)37-25;;/h1-16H;;1H/q-2;+3;/p-1. The molecule has 3 aliphatic heterocycles. The summed E-state index contributed by atoms with van der Waals surface area (Å²) in [6, 6.07) is 31.8. The van der Waals surface area contributed by atoms with Crippen LogP contribution in [-0.4, -0.2) is 29.9 Å². The monoisotopic (exact) mass is 583 g/mol. The summed E-state index contributed by atoms with van der Waals surface area (Å²) >= 11 is 0. The van der Waals surface area contributed by atoms with Gasteiger partial charge in [-0.25, -0.2) is 9.97 Å². The van der Waals surface area contributed by atoms with Crippen molar-refractivity contribution in [2.24, 2.45) is 0 Å². The minimum atomic E-state index is 0. The molecule has 0 N–H and O–H groups in total. The first kappa shape index (κ1) is 25.7. The molecule has 0 spiro atoms. The van der Waals surface area contributed by atoms with E-state index in [2.05, 4.69) is 0 Å². The summed E-state index contributed by atoms with van der Waals surface area (Å²) in [5, 5.41) is 1.79. The van der Waals surface area contributed by atoms with Gasteiger partial charge in [-0.15, -0.1) is 0 Å². The van der Waals surface area contributed by atoms with Crippen molar-refractivity contribution in [2.45, 2.75) is 0 Å². The molecule has 3 aliphatic rings. The van der Waals surface area contributed by atoms with Gasteiger partial charge < -0.3 is 34.6 Å². The van der Waals surface area contributed by atoms with Gasteiger partial charge >= 0.3 is 17.4 Å². The number of rotatable bonds is 0. The second-order valence-electron chi connectivity index (χ2n) is 9.67. The van der Waals surface area contributed by atoms with E-state index >= 15 is 0 Å². The van der Waals surface area contributed by atoms with Crippen LogP contribution in [-0.2, 0) is 17.4 Å². The topological polar surface area (TPSA) is 106 Å². The minimum absolute atomic E-state index is 0. The second kappa shape index (κ2) is 9.66. The number of hydrogen-bond donors (Lipinski definition) is 0. The molecule has 0 aliphatic carbocycles. The molecule has 0 amide bonds. The molecular formula is C32H16CrFN8. The van der Waals surface area contributed by atoms with Gasteiger partial charge in [-0.05, 0) is 27.5 Å². The van der Waals surface area contributed by atoms with Gasteiger partial charge in [0.25, 0.3) is 0 Å². The Hall–Kier alpha value is -5.30. The van der Waals surface area contributed by atoms with E-state index in [0.717, 1.165) is 44.2 Å². The zero-order valence-electron chi connectivity index (χ0n) is 21.6. The van der Waals surface area contributed by atoms with Crippen LogP contribution in [0.3, 0.4) is 0 Å². The Balaban J connectivity index is 0.00000144. The van der Waals surface area contributed by atoms with Crippen LogP contribution in [0.2, 0.25) is 0 Å². The molecule has 0 atom stereocenters. The van der Waals surface area contributed by atoms with Gasteiger partial charge in [0.15, 0.2) is 5.82 Å². The van der Waals surface area contributed by atoms with Crippen molar-refractivity contribution in [3.05, 3.63) is 97.1 Å². The predicted octanol–water partition coefficient (Wildman–Crippen LogP) is 3.03. The van der Waals surface area contributed by atoms with Gasteiger partial charge in [0, 0.05) is 45.5 Å². The smallest absolute Gasteiger partial charge is 1.00 e. The number of aromatic nitrogens is 8. The Kier molecular flexibility index (Phi) is 5.90. The Morgan fingerprint density at radius 1 is 0.357 bits per heavy atom. The third-order valence-corrected chi connectivity index (χ3v) is 7.33. The number of hydrogen-bond acceptors (Lipinski definition) is 6. The van der Waals surface area contributed by atoms with E-state index in [1.807, 2.05) is 97.1 Å². The van der Waals surface area contributed by atoms with Crippen molar-refractivity contribution in [2.75, 3.05) is 0 Å². The van der Waals surface area contributed by atoms with Gasteiger partial charge in [-0.3, -0.25) is 0 Å². The number of halogens is 1. The van der Waals surface area contributed by atoms with E-state index in [1.54, 1.807) is 0 Å². The summed E-state index contributed by atoms with van der Waals surface area (Å²) in [5.41, 5.74) is 6.46. The molecule has 0 fully saturated rings. The molecule has 0 saturated carbocycles. The number of nitrogens with zero attached hydrogens (tertiary/aromatic N) is 8. The van der Waals surface area contributed by atoms with E-state index in [0.29, 0.717) is 46.2 Å². The summed E-state index contributed by atoms with van der Waals surface area (Å²) < 4.78 is 0. The fraction of sp³-hybridized carbons (Fsp3) is 0. The maximum atomic E-state index is 4.95. The second-order valence-corrected chi connectivity index (χ2v) is 9.67. The molecule has 2 aromatic heterocycles. The molecule has 8 nitrogen and oxygen atoms in total. The third-order valence-electron chi connectivity index (χ3n) is 7.33. The van der Waals surface area contributed by atoms with E-state index in [4.69, 9.17) is 39.9 Å². The van der Waals surface area contributed by atoms with Gasteiger partial charge in [0.1, 0.15) is 0 Å². The first-order chi connectivity index (χ1) is 19.8. The molecule has 9 rings (SSSR count). The van der Waals surface area contributed by atoms with E-state index < -0.39 is 0 Å². The van der Waals surface area contributed by atoms with Crippen LogP contribution in [0.5, 0.6) is 0 Å². The van der Waals surface area contributed by atoms with Crippen molar-refractivity contribution >= 4 is 22.1 Å². The summed E-state index contributed by atoms with van der Waals surface area (Å²) in [4.78, 5) is 39.3. The maximum Gasteiger partial charge on any atom is 3.00 e. The predicted molar refractivity (Wildman–Crippen MR) is 152 cm³/mol. The van der Waals surface area contributed by atoms with Gasteiger partial charge in [-0.1, -0.05) is 97.1 Å². The number of benzene rings is 4. The van der Waals surface area contributed by atoms with Crippen LogP contribution in [0.15, 0.2) is 97.1 Å². The molecule has 5 heterocycles. The minimum Gasteiger partial charge on any atom is -1.00 e. The quantitative estimate of drug-likeness (QED) is 0.268. The van der Waals surface area contributed by atoms with Crippen LogP contribution < -0.4 is 14.7 Å². The molecule has 197 valence electrons. The van der Waals surface area contributed by atoms with Crippen LogP contribution in [0.25, 0.3) is 90.4 Å². The normalized spacial score (nSPS) is 11.4. The SMILES string of the molecule is [Cr+3].[F-].c1ccc2c(c1)-c1nc-2nc2[n-]c(nc3nc([n-]c4nc(n1)-c1ccccc1-4)-c1ccccc1-3)c1ccccc21. The maximum absolute atomic E-state index is 4.95. The van der Waals surface area contributed by atoms with E-state index in [1.165, 1.54) is 0 Å². The van der Waals surface area contributed by atoms with E-state index in [9.17, 15) is 0 Å². The summed E-state index contributed by atoms with van der Waals surface area (Å²) in [5.74, 6) is 3.31. The third kappa shape index (κ3) is 3.74. The fourth-order valence-corrected chi connectivity index (χ4v) is 5.46. The molecular weight excluding hydrogens is 567 g/mol. The fourth-order valence-electron chi connectivity index (χ4n) is 5.46. The van der Waals surface area contributed by atoms with E-state index in [-0.39, 0.29) is 22.1 Å². The van der Waals surface area contributed by atoms with Crippen LogP contribution >= 0.6 is 0 Å². The average Bonchev–Trinajstić information content (AvgIpc) is 3.73. The molecule has 42 heavy (non-hydrogen) atoms. The Labute approximate surface area is 248 Å². The Morgan fingerprint density at radius 2 is 0.690 bits per heavy atom. The van der Waals surface area contributed by atoms with Crippen LogP contribution in [0, 0.1) is 0 Å². The zero-order valence-corrected chi connectivity index (χ0v) is 22.9. The number of fused-ring (bicyclic) bond motifs is 20. The Morgan fingerprint density at radius 3 is 1.17 bits per heavy atom.